The van der Waals surface area contributed by atoms with E-state index in [0.717, 1.165) is 44.2 Å². The van der Waals surface area contributed by atoms with E-state index in [9.17, 15) is 14.7 Å². The molecule has 0 bridgehead atoms. The number of ether oxygens (including phenoxy) is 2. The van der Waals surface area contributed by atoms with Gasteiger partial charge in [0.2, 0.25) is 0 Å². The van der Waals surface area contributed by atoms with Gasteiger partial charge in [-0.15, -0.1) is 0 Å². The number of allylic oxidation sites excluding steroid dienone is 3. The van der Waals surface area contributed by atoms with Crippen LogP contribution < -0.4 is 10.1 Å². The minimum atomic E-state index is -0.561. The van der Waals surface area contributed by atoms with E-state index >= 15 is 0 Å². The maximum Gasteiger partial charge on any atom is 0.337 e. The molecule has 0 spiro atoms. The van der Waals surface area contributed by atoms with E-state index in [-0.39, 0.29) is 29.4 Å². The molecule has 0 aromatic heterocycles. The predicted molar refractivity (Wildman–Crippen MR) is 115 cm³/mol. The number of phenolic OH excluding ortho intramolecular Hbond substituents is 1. The van der Waals surface area contributed by atoms with Crippen molar-refractivity contribution in [2.45, 2.75) is 63.9 Å². The van der Waals surface area contributed by atoms with E-state index in [4.69, 9.17) is 9.47 Å². The van der Waals surface area contributed by atoms with Gasteiger partial charge in [-0.05, 0) is 79.1 Å². The number of hydrogen-bond donors (Lipinski definition) is 2. The van der Waals surface area contributed by atoms with Crippen LogP contribution in [0.3, 0.4) is 0 Å². The van der Waals surface area contributed by atoms with Crippen LogP contribution in [-0.2, 0) is 14.3 Å². The number of carbonyl (C=O) groups excluding carboxylic acids is 2. The SMILES string of the molecule is COc1cc([C@H]2C(C(=O)OC3CCCC3)=C(C)NC3=C2C(=O)CCC3)cc(Br)c1O. The average molecular weight is 476 g/mol. The summed E-state index contributed by atoms with van der Waals surface area (Å²) >= 11 is 3.37. The summed E-state index contributed by atoms with van der Waals surface area (Å²) in [6, 6.07) is 3.44. The van der Waals surface area contributed by atoms with Gasteiger partial charge in [0.05, 0.1) is 17.2 Å². The lowest BCUT2D eigenvalue weighted by molar-refractivity contribution is -0.144. The fourth-order valence-corrected chi connectivity index (χ4v) is 5.18. The zero-order chi connectivity index (χ0) is 21.4. The van der Waals surface area contributed by atoms with Crippen molar-refractivity contribution in [1.82, 2.24) is 5.32 Å². The van der Waals surface area contributed by atoms with E-state index in [2.05, 4.69) is 21.2 Å². The summed E-state index contributed by atoms with van der Waals surface area (Å²) in [5.74, 6) is -0.644. The molecular formula is C23H26BrNO5. The molecule has 30 heavy (non-hydrogen) atoms. The van der Waals surface area contributed by atoms with Gasteiger partial charge < -0.3 is 19.9 Å². The monoisotopic (exact) mass is 475 g/mol. The molecule has 0 unspecified atom stereocenters. The largest absolute Gasteiger partial charge is 0.503 e. The Bertz CT molecular complexity index is 959. The molecular weight excluding hydrogens is 450 g/mol. The smallest absolute Gasteiger partial charge is 0.337 e. The highest BCUT2D eigenvalue weighted by atomic mass is 79.9. The van der Waals surface area contributed by atoms with E-state index < -0.39 is 5.92 Å². The van der Waals surface area contributed by atoms with Gasteiger partial charge in [-0.25, -0.2) is 4.79 Å². The third-order valence-electron chi connectivity index (χ3n) is 6.18. The Labute approximate surface area is 184 Å². The fraction of sp³-hybridized carbons (Fsp3) is 0.478. The molecule has 3 aliphatic rings. The summed E-state index contributed by atoms with van der Waals surface area (Å²) in [5, 5.41) is 13.6. The molecule has 0 saturated heterocycles. The molecule has 1 aromatic carbocycles. The molecule has 7 heteroatoms. The number of hydrogen-bond acceptors (Lipinski definition) is 6. The van der Waals surface area contributed by atoms with Gasteiger partial charge in [0, 0.05) is 29.3 Å². The highest BCUT2D eigenvalue weighted by Gasteiger charge is 2.40. The number of carbonyl (C=O) groups is 2. The van der Waals surface area contributed by atoms with Gasteiger partial charge in [0.25, 0.3) is 0 Å². The highest BCUT2D eigenvalue weighted by molar-refractivity contribution is 9.10. The molecule has 2 aliphatic carbocycles. The summed E-state index contributed by atoms with van der Waals surface area (Å²) in [4.78, 5) is 26.3. The van der Waals surface area contributed by atoms with Gasteiger partial charge in [0.15, 0.2) is 17.3 Å². The first-order chi connectivity index (χ1) is 14.4. The van der Waals surface area contributed by atoms with Crippen molar-refractivity contribution in [3.8, 4) is 11.5 Å². The van der Waals surface area contributed by atoms with Crippen LogP contribution in [0.25, 0.3) is 0 Å². The van der Waals surface area contributed by atoms with Gasteiger partial charge in [-0.2, -0.15) is 0 Å². The maximum absolute atomic E-state index is 13.3. The second kappa shape index (κ2) is 8.46. The van der Waals surface area contributed by atoms with Gasteiger partial charge in [-0.1, -0.05) is 0 Å². The minimum Gasteiger partial charge on any atom is -0.503 e. The average Bonchev–Trinajstić information content (AvgIpc) is 3.22. The van der Waals surface area contributed by atoms with Crippen LogP contribution >= 0.6 is 15.9 Å². The van der Waals surface area contributed by atoms with Crippen LogP contribution in [0.2, 0.25) is 0 Å². The third-order valence-corrected chi connectivity index (χ3v) is 6.78. The number of dihydropyridines is 1. The Balaban J connectivity index is 1.82. The van der Waals surface area contributed by atoms with Crippen LogP contribution in [0.5, 0.6) is 11.5 Å². The van der Waals surface area contributed by atoms with Crippen molar-refractivity contribution in [2.75, 3.05) is 7.11 Å². The Morgan fingerprint density at radius 3 is 2.63 bits per heavy atom. The van der Waals surface area contributed by atoms with E-state index in [0.29, 0.717) is 33.3 Å². The summed E-state index contributed by atoms with van der Waals surface area (Å²) in [5.41, 5.74) is 3.35. The quantitative estimate of drug-likeness (QED) is 0.618. The lowest BCUT2D eigenvalue weighted by Gasteiger charge is -2.34. The van der Waals surface area contributed by atoms with Crippen LogP contribution in [-0.4, -0.2) is 30.1 Å². The Morgan fingerprint density at radius 1 is 1.20 bits per heavy atom. The van der Waals surface area contributed by atoms with Gasteiger partial charge >= 0.3 is 5.97 Å². The first-order valence-electron chi connectivity index (χ1n) is 10.4. The first-order valence-corrected chi connectivity index (χ1v) is 11.2. The number of methoxy groups -OCH3 is 1. The highest BCUT2D eigenvalue weighted by Crippen LogP contribution is 2.46. The number of phenols is 1. The van der Waals surface area contributed by atoms with Crippen LogP contribution in [0, 0.1) is 0 Å². The molecule has 0 amide bonds. The summed E-state index contributed by atoms with van der Waals surface area (Å²) < 4.78 is 11.6. The third kappa shape index (κ3) is 3.75. The normalized spacial score (nSPS) is 22.1. The molecule has 1 aromatic rings. The Hall–Kier alpha value is -2.28. The number of ketones is 1. The lowest BCUT2D eigenvalue weighted by Crippen LogP contribution is -2.35. The predicted octanol–water partition coefficient (Wildman–Crippen LogP) is 4.62. The van der Waals surface area contributed by atoms with Crippen molar-refractivity contribution in [3.05, 3.63) is 44.7 Å². The molecule has 1 saturated carbocycles. The summed E-state index contributed by atoms with van der Waals surface area (Å²) in [7, 11) is 1.47. The summed E-state index contributed by atoms with van der Waals surface area (Å²) in [6.07, 6.45) is 5.81. The number of aromatic hydroxyl groups is 1. The molecule has 6 nitrogen and oxygen atoms in total. The summed E-state index contributed by atoms with van der Waals surface area (Å²) in [6.45, 7) is 1.85. The zero-order valence-electron chi connectivity index (χ0n) is 17.2. The Kier molecular flexibility index (Phi) is 5.91. The number of halogens is 1. The fourth-order valence-electron chi connectivity index (χ4n) is 4.72. The standard InChI is InChI=1S/C23H26BrNO5/c1-12-19(23(28)30-14-6-3-4-7-14)20(21-16(25-12)8-5-9-17(21)26)13-10-15(24)22(27)18(11-13)29-2/h10-11,14,20,25,27H,3-9H2,1-2H3/t20-/m0/s1. The van der Waals surface area contributed by atoms with Crippen LogP contribution in [0.1, 0.15) is 63.4 Å². The first kappa shape index (κ1) is 21.0. The topological polar surface area (TPSA) is 84.9 Å². The number of Topliss-reactive ketones (excluding diaryl/α,β-unsaturated/α-hetero) is 1. The number of benzene rings is 1. The van der Waals surface area contributed by atoms with Crippen molar-refractivity contribution in [3.63, 3.8) is 0 Å². The molecule has 1 fully saturated rings. The van der Waals surface area contributed by atoms with E-state index in [1.165, 1.54) is 7.11 Å². The van der Waals surface area contributed by atoms with E-state index in [1.54, 1.807) is 12.1 Å². The molecule has 1 heterocycles. The molecule has 160 valence electrons. The zero-order valence-corrected chi connectivity index (χ0v) is 18.8. The molecule has 1 aliphatic heterocycles. The molecule has 1 atom stereocenters. The van der Waals surface area contributed by atoms with Crippen LogP contribution in [0.15, 0.2) is 39.1 Å². The van der Waals surface area contributed by atoms with Crippen molar-refractivity contribution in [2.24, 2.45) is 0 Å². The lowest BCUT2D eigenvalue weighted by atomic mass is 9.75. The molecule has 4 rings (SSSR count). The number of esters is 1. The van der Waals surface area contributed by atoms with Crippen molar-refractivity contribution < 1.29 is 24.2 Å². The molecule has 0 radical (unpaired) electrons. The minimum absolute atomic E-state index is 0.0184. The van der Waals surface area contributed by atoms with E-state index in [1.807, 2.05) is 6.92 Å². The van der Waals surface area contributed by atoms with Crippen molar-refractivity contribution >= 4 is 27.7 Å². The van der Waals surface area contributed by atoms with Crippen LogP contribution in [0.4, 0.5) is 0 Å². The van der Waals surface area contributed by atoms with Gasteiger partial charge in [0.1, 0.15) is 6.10 Å². The van der Waals surface area contributed by atoms with Gasteiger partial charge in [-0.3, -0.25) is 4.79 Å². The second-order valence-electron chi connectivity index (χ2n) is 8.13. The molecule has 2 N–H and O–H groups in total. The maximum atomic E-state index is 13.3. The Morgan fingerprint density at radius 2 is 1.93 bits per heavy atom. The second-order valence-corrected chi connectivity index (χ2v) is 8.99. The number of rotatable bonds is 4. The number of nitrogens with one attached hydrogen (secondary N) is 1. The van der Waals surface area contributed by atoms with Crippen molar-refractivity contribution in [1.29, 1.82) is 0 Å².